The molecule has 6 nitrogen and oxygen atoms in total. The van der Waals surface area contributed by atoms with E-state index in [2.05, 4.69) is 6.92 Å². The third-order valence-corrected chi connectivity index (χ3v) is 8.35. The average Bonchev–Trinajstić information content (AvgIpc) is 3.50. The van der Waals surface area contributed by atoms with Crippen LogP contribution in [-0.4, -0.2) is 29.6 Å². The molecule has 190 valence electrons. The Hall–Kier alpha value is -4.00. The fourth-order valence-electron chi connectivity index (χ4n) is 6.61. The molecule has 3 aliphatic rings. The second kappa shape index (κ2) is 8.51. The largest absolute Gasteiger partial charge is 0.396 e. The van der Waals surface area contributed by atoms with Crippen molar-refractivity contribution in [3.05, 3.63) is 102 Å². The first-order valence-electron chi connectivity index (χ1n) is 13.2. The van der Waals surface area contributed by atoms with Crippen LogP contribution in [0.25, 0.3) is 10.8 Å². The van der Waals surface area contributed by atoms with Gasteiger partial charge in [-0.2, -0.15) is 0 Å². The lowest BCUT2D eigenvalue weighted by Crippen LogP contribution is -2.43. The Morgan fingerprint density at radius 1 is 0.947 bits per heavy atom. The molecule has 38 heavy (non-hydrogen) atoms. The van der Waals surface area contributed by atoms with Gasteiger partial charge in [0.25, 0.3) is 11.8 Å². The van der Waals surface area contributed by atoms with Crippen molar-refractivity contribution in [1.29, 1.82) is 0 Å². The molecule has 1 saturated heterocycles. The monoisotopic (exact) mass is 504 g/mol. The summed E-state index contributed by atoms with van der Waals surface area (Å²) in [7, 11) is 0. The van der Waals surface area contributed by atoms with Crippen LogP contribution < -0.4 is 9.80 Å². The number of anilines is 3. The molecule has 1 N–H and O–H groups in total. The minimum atomic E-state index is -1.15. The summed E-state index contributed by atoms with van der Waals surface area (Å²) in [6.07, 6.45) is 0.955. The van der Waals surface area contributed by atoms with Gasteiger partial charge in [-0.3, -0.25) is 14.5 Å². The van der Waals surface area contributed by atoms with Crippen LogP contribution in [0.4, 0.5) is 17.1 Å². The molecule has 6 heteroatoms. The van der Waals surface area contributed by atoms with Crippen LogP contribution in [0.3, 0.4) is 0 Å². The Morgan fingerprint density at radius 3 is 2.53 bits per heavy atom. The van der Waals surface area contributed by atoms with E-state index in [4.69, 9.17) is 4.74 Å². The van der Waals surface area contributed by atoms with Crippen LogP contribution in [-0.2, 0) is 21.7 Å². The standard InChI is InChI=1S/C32H28N2O4/c1-20-17-24(15-16-35)38-32(20)26-18-23(13-14-27(26)33(31(32)37)19-21-7-3-2-4-8-21)34-28-12-6-10-22-9-5-11-25(29(22)28)30(34)36/h2-14,18,20,24,35H,15-17,19H2,1H3/t20-,24+,32+/m1/s1. The van der Waals surface area contributed by atoms with E-state index in [-0.39, 0.29) is 30.4 Å². The first-order chi connectivity index (χ1) is 18.5. The lowest BCUT2D eigenvalue weighted by molar-refractivity contribution is -0.146. The molecule has 1 spiro atoms. The van der Waals surface area contributed by atoms with Crippen molar-refractivity contribution >= 4 is 39.6 Å². The van der Waals surface area contributed by atoms with Crippen molar-refractivity contribution in [2.45, 2.75) is 38.0 Å². The molecule has 7 rings (SSSR count). The zero-order chi connectivity index (χ0) is 26.0. The Balaban J connectivity index is 1.37. The highest BCUT2D eigenvalue weighted by atomic mass is 16.5. The summed E-state index contributed by atoms with van der Waals surface area (Å²) in [6.45, 7) is 2.49. The summed E-state index contributed by atoms with van der Waals surface area (Å²) in [6, 6.07) is 27.5. The number of amides is 2. The number of hydrogen-bond donors (Lipinski definition) is 1. The van der Waals surface area contributed by atoms with Gasteiger partial charge in [-0.05, 0) is 54.1 Å². The van der Waals surface area contributed by atoms with Gasteiger partial charge in [0, 0.05) is 29.2 Å². The molecule has 0 radical (unpaired) electrons. The predicted octanol–water partition coefficient (Wildman–Crippen LogP) is 5.68. The number of carbonyl (C=O) groups is 2. The lowest BCUT2D eigenvalue weighted by Gasteiger charge is -2.29. The van der Waals surface area contributed by atoms with Gasteiger partial charge in [-0.15, -0.1) is 0 Å². The third kappa shape index (κ3) is 3.14. The molecule has 4 aromatic carbocycles. The second-order valence-electron chi connectivity index (χ2n) is 10.5. The highest BCUT2D eigenvalue weighted by molar-refractivity contribution is 6.28. The zero-order valence-electron chi connectivity index (χ0n) is 21.1. The molecule has 0 aliphatic carbocycles. The minimum absolute atomic E-state index is 0.00677. The molecular weight excluding hydrogens is 476 g/mol. The van der Waals surface area contributed by atoms with Crippen molar-refractivity contribution in [2.75, 3.05) is 16.4 Å². The average molecular weight is 505 g/mol. The highest BCUT2D eigenvalue weighted by Gasteiger charge is 2.60. The summed E-state index contributed by atoms with van der Waals surface area (Å²) in [4.78, 5) is 31.5. The Labute approximate surface area is 221 Å². The molecule has 0 saturated carbocycles. The molecule has 4 aromatic rings. The fraction of sp³-hybridized carbons (Fsp3) is 0.250. The van der Waals surface area contributed by atoms with Crippen LogP contribution in [0.15, 0.2) is 84.9 Å². The Morgan fingerprint density at radius 2 is 1.74 bits per heavy atom. The van der Waals surface area contributed by atoms with Crippen LogP contribution in [0.5, 0.6) is 0 Å². The smallest absolute Gasteiger partial charge is 0.264 e. The number of aliphatic hydroxyl groups excluding tert-OH is 1. The maximum absolute atomic E-state index is 14.2. The van der Waals surface area contributed by atoms with E-state index in [0.29, 0.717) is 30.6 Å². The SMILES string of the molecule is C[C@@H]1C[C@H](CCO)O[C@@]12C(=O)N(Cc1ccccc1)c1ccc(N3C(=O)c4cccc5cccc3c45)cc12. The van der Waals surface area contributed by atoms with Gasteiger partial charge in [0.2, 0.25) is 0 Å². The molecule has 1 fully saturated rings. The van der Waals surface area contributed by atoms with Gasteiger partial charge in [0.1, 0.15) is 0 Å². The normalized spacial score (nSPS) is 23.7. The number of hydrogen-bond acceptors (Lipinski definition) is 4. The minimum Gasteiger partial charge on any atom is -0.396 e. The van der Waals surface area contributed by atoms with Gasteiger partial charge in [0.15, 0.2) is 5.60 Å². The number of aliphatic hydroxyl groups is 1. The van der Waals surface area contributed by atoms with Crippen LogP contribution >= 0.6 is 0 Å². The molecule has 0 aromatic heterocycles. The quantitative estimate of drug-likeness (QED) is 0.380. The summed E-state index contributed by atoms with van der Waals surface area (Å²) >= 11 is 0. The number of benzene rings is 4. The number of carbonyl (C=O) groups excluding carboxylic acids is 2. The van der Waals surface area contributed by atoms with Gasteiger partial charge < -0.3 is 14.7 Å². The molecule has 3 aliphatic heterocycles. The lowest BCUT2D eigenvalue weighted by atomic mass is 9.82. The van der Waals surface area contributed by atoms with Crippen molar-refractivity contribution in [1.82, 2.24) is 0 Å². The van der Waals surface area contributed by atoms with Gasteiger partial charge in [0.05, 0.1) is 29.6 Å². The summed E-state index contributed by atoms with van der Waals surface area (Å²) < 4.78 is 6.58. The molecule has 2 amide bonds. The van der Waals surface area contributed by atoms with E-state index in [1.807, 2.05) is 89.8 Å². The molecule has 3 atom stereocenters. The number of ether oxygens (including phenoxy) is 1. The van der Waals surface area contributed by atoms with Crippen LogP contribution in [0.2, 0.25) is 0 Å². The van der Waals surface area contributed by atoms with Crippen LogP contribution in [0.1, 0.15) is 41.3 Å². The van der Waals surface area contributed by atoms with E-state index < -0.39 is 5.60 Å². The Bertz CT molecular complexity index is 1590. The van der Waals surface area contributed by atoms with Gasteiger partial charge >= 0.3 is 0 Å². The molecular formula is C32H28N2O4. The number of nitrogens with zero attached hydrogens (tertiary/aromatic N) is 2. The van der Waals surface area contributed by atoms with E-state index in [9.17, 15) is 14.7 Å². The second-order valence-corrected chi connectivity index (χ2v) is 10.5. The van der Waals surface area contributed by atoms with E-state index in [0.717, 1.165) is 33.3 Å². The maximum atomic E-state index is 14.2. The summed E-state index contributed by atoms with van der Waals surface area (Å²) in [5.74, 6) is -0.245. The van der Waals surface area contributed by atoms with E-state index >= 15 is 0 Å². The van der Waals surface area contributed by atoms with Crippen LogP contribution in [0, 0.1) is 5.92 Å². The number of fused-ring (bicyclic) bond motifs is 2. The maximum Gasteiger partial charge on any atom is 0.264 e. The molecule has 0 bridgehead atoms. The molecule has 3 heterocycles. The van der Waals surface area contributed by atoms with Gasteiger partial charge in [-0.25, -0.2) is 0 Å². The zero-order valence-corrected chi connectivity index (χ0v) is 21.1. The number of rotatable bonds is 5. The van der Waals surface area contributed by atoms with Crippen molar-refractivity contribution in [3.8, 4) is 0 Å². The van der Waals surface area contributed by atoms with Crippen molar-refractivity contribution < 1.29 is 19.4 Å². The topological polar surface area (TPSA) is 70.1 Å². The highest BCUT2D eigenvalue weighted by Crippen LogP contribution is 2.55. The Kier molecular flexibility index (Phi) is 5.18. The van der Waals surface area contributed by atoms with E-state index in [1.165, 1.54) is 0 Å². The summed E-state index contributed by atoms with van der Waals surface area (Å²) in [5, 5.41) is 11.6. The molecule has 0 unspecified atom stereocenters. The van der Waals surface area contributed by atoms with Gasteiger partial charge in [-0.1, -0.05) is 61.5 Å². The predicted molar refractivity (Wildman–Crippen MR) is 147 cm³/mol. The summed E-state index contributed by atoms with van der Waals surface area (Å²) in [5.41, 5.74) is 3.72. The van der Waals surface area contributed by atoms with Crippen molar-refractivity contribution in [2.24, 2.45) is 5.92 Å². The third-order valence-electron chi connectivity index (χ3n) is 8.35. The van der Waals surface area contributed by atoms with E-state index in [1.54, 1.807) is 4.90 Å². The first kappa shape index (κ1) is 23.1. The first-order valence-corrected chi connectivity index (χ1v) is 13.2. The van der Waals surface area contributed by atoms with Crippen molar-refractivity contribution in [3.63, 3.8) is 0 Å². The fourth-order valence-corrected chi connectivity index (χ4v) is 6.61.